The molecule has 0 spiro atoms. The quantitative estimate of drug-likeness (QED) is 0.141. The van der Waals surface area contributed by atoms with Gasteiger partial charge in [-0.3, -0.25) is 9.97 Å². The van der Waals surface area contributed by atoms with Crippen LogP contribution in [0.25, 0.3) is 0 Å². The van der Waals surface area contributed by atoms with Crippen LogP contribution in [0.1, 0.15) is 45.8 Å². The molecule has 6 rings (SSSR count). The molecule has 4 aromatic carbocycles. The van der Waals surface area contributed by atoms with Crippen LogP contribution in [0.4, 0.5) is 0 Å². The summed E-state index contributed by atoms with van der Waals surface area (Å²) in [6.45, 7) is 1.03. The third-order valence-electron chi connectivity index (χ3n) is 7.29. The summed E-state index contributed by atoms with van der Waals surface area (Å²) in [5, 5.41) is 0. The second-order valence-electron chi connectivity index (χ2n) is 10.6. The Labute approximate surface area is 266 Å². The fraction of sp³-hybridized carbons (Fsp3) is 0.105. The Kier molecular flexibility index (Phi) is 10.6. The number of rotatable bonds is 14. The Morgan fingerprint density at radius 3 is 1.22 bits per heavy atom. The van der Waals surface area contributed by atoms with E-state index < -0.39 is 0 Å². The van der Waals surface area contributed by atoms with Gasteiger partial charge in [-0.25, -0.2) is 0 Å². The van der Waals surface area contributed by atoms with Crippen LogP contribution in [0.3, 0.4) is 0 Å². The van der Waals surface area contributed by atoms with Crippen LogP contribution < -0.4 is 10.9 Å². The van der Waals surface area contributed by atoms with E-state index in [1.165, 1.54) is 0 Å². The molecule has 45 heavy (non-hydrogen) atoms. The fourth-order valence-electron chi connectivity index (χ4n) is 4.92. The van der Waals surface area contributed by atoms with Gasteiger partial charge in [0.15, 0.2) is 0 Å². The van der Waals surface area contributed by atoms with Gasteiger partial charge in [-0.1, -0.05) is 132 Å². The molecule has 2 aromatic heterocycles. The molecule has 0 amide bonds. The maximum absolute atomic E-state index is 6.23. The molecule has 2 unspecified atom stereocenters. The summed E-state index contributed by atoms with van der Waals surface area (Å²) in [6, 6.07) is 48.4. The normalized spacial score (nSPS) is 12.3. The number of ether oxygens (including phenoxy) is 1. The van der Waals surface area contributed by atoms with Crippen molar-refractivity contribution in [2.45, 2.75) is 25.4 Å². The Morgan fingerprint density at radius 1 is 0.444 bits per heavy atom. The van der Waals surface area contributed by atoms with E-state index in [4.69, 9.17) is 14.0 Å². The minimum atomic E-state index is -0.280. The van der Waals surface area contributed by atoms with Gasteiger partial charge in [0.2, 0.25) is 0 Å². The number of benzene rings is 4. The van der Waals surface area contributed by atoms with Gasteiger partial charge in [0, 0.05) is 12.4 Å². The van der Waals surface area contributed by atoms with Gasteiger partial charge in [-0.15, -0.1) is 0 Å². The predicted octanol–water partition coefficient (Wildman–Crippen LogP) is 6.29. The van der Waals surface area contributed by atoms with Gasteiger partial charge < -0.3 is 14.0 Å². The van der Waals surface area contributed by atoms with Gasteiger partial charge in [0.1, 0.15) is 12.2 Å². The molecule has 0 aliphatic heterocycles. The SMILES string of the molecule is [B](OC(c1ccccc1)c1ccccn1)c1ccc(COCc2ccc([B]OC(c3ccccc3)c3ccccn3)cc2)cc1. The van der Waals surface area contributed by atoms with Crippen molar-refractivity contribution in [2.75, 3.05) is 0 Å². The van der Waals surface area contributed by atoms with E-state index >= 15 is 0 Å². The number of nitrogens with zero attached hydrogens (tertiary/aromatic N) is 2. The van der Waals surface area contributed by atoms with E-state index in [-0.39, 0.29) is 12.2 Å². The lowest BCUT2D eigenvalue weighted by Crippen LogP contribution is -2.21. The Bertz CT molecular complexity index is 1500. The van der Waals surface area contributed by atoms with Gasteiger partial charge in [-0.05, 0) is 46.5 Å². The lowest BCUT2D eigenvalue weighted by Gasteiger charge is -2.18. The Hall–Kier alpha value is -4.81. The summed E-state index contributed by atoms with van der Waals surface area (Å²) in [5.41, 5.74) is 7.97. The van der Waals surface area contributed by atoms with Crippen molar-refractivity contribution >= 4 is 25.9 Å². The highest BCUT2D eigenvalue weighted by Crippen LogP contribution is 2.24. The third kappa shape index (κ3) is 8.64. The first-order valence-corrected chi connectivity index (χ1v) is 15.0. The highest BCUT2D eigenvalue weighted by atomic mass is 16.5. The molecular formula is C38H32B2N2O3. The lowest BCUT2D eigenvalue weighted by molar-refractivity contribution is 0.107. The lowest BCUT2D eigenvalue weighted by atomic mass is 9.86. The molecule has 2 atom stereocenters. The van der Waals surface area contributed by atoms with Crippen molar-refractivity contribution in [1.29, 1.82) is 0 Å². The number of hydrogen-bond acceptors (Lipinski definition) is 5. The maximum Gasteiger partial charge on any atom is 0.331 e. The van der Waals surface area contributed by atoms with Crippen molar-refractivity contribution < 1.29 is 14.0 Å². The molecule has 0 saturated carbocycles. The van der Waals surface area contributed by atoms with Gasteiger partial charge in [-0.2, -0.15) is 0 Å². The third-order valence-corrected chi connectivity index (χ3v) is 7.29. The van der Waals surface area contributed by atoms with Crippen LogP contribution in [-0.4, -0.2) is 24.9 Å². The van der Waals surface area contributed by atoms with E-state index in [1.54, 1.807) is 27.4 Å². The summed E-state index contributed by atoms with van der Waals surface area (Å²) in [4.78, 5) is 9.02. The van der Waals surface area contributed by atoms with Crippen LogP contribution in [0.2, 0.25) is 0 Å². The first kappa shape index (κ1) is 30.2. The van der Waals surface area contributed by atoms with Gasteiger partial charge in [0.05, 0.1) is 24.6 Å². The molecule has 5 nitrogen and oxygen atoms in total. The van der Waals surface area contributed by atoms with Crippen LogP contribution in [-0.2, 0) is 27.3 Å². The Balaban J connectivity index is 0.979. The zero-order valence-corrected chi connectivity index (χ0v) is 24.9. The zero-order chi connectivity index (χ0) is 30.5. The van der Waals surface area contributed by atoms with E-state index in [0.29, 0.717) is 13.2 Å². The summed E-state index contributed by atoms with van der Waals surface area (Å²) < 4.78 is 18.5. The molecule has 6 aromatic rings. The van der Waals surface area contributed by atoms with Gasteiger partial charge in [0.25, 0.3) is 0 Å². The van der Waals surface area contributed by atoms with Crippen LogP contribution in [0, 0.1) is 0 Å². The highest BCUT2D eigenvalue weighted by Gasteiger charge is 2.17. The van der Waals surface area contributed by atoms with Crippen LogP contribution in [0.15, 0.2) is 158 Å². The maximum atomic E-state index is 6.23. The first-order valence-electron chi connectivity index (χ1n) is 15.0. The molecule has 2 radical (unpaired) electrons. The molecule has 0 aliphatic rings. The minimum Gasteiger partial charge on any atom is -0.422 e. The smallest absolute Gasteiger partial charge is 0.331 e. The summed E-state index contributed by atoms with van der Waals surface area (Å²) in [7, 11) is 3.58. The number of pyridine rings is 2. The van der Waals surface area contributed by atoms with Crippen molar-refractivity contribution in [3.63, 3.8) is 0 Å². The van der Waals surface area contributed by atoms with E-state index in [0.717, 1.165) is 44.6 Å². The van der Waals surface area contributed by atoms with Gasteiger partial charge >= 0.3 is 15.0 Å². The van der Waals surface area contributed by atoms with E-state index in [2.05, 4.69) is 58.5 Å². The standard InChI is InChI=1S/C38H32B2N2O3/c1-3-11-31(12-4-1)37(35-15-7-9-25-41-35)44-39-33-21-17-29(18-22-33)27-43-28-30-19-23-34(24-20-30)40-45-38(32-13-5-2-6-14-32)36-16-8-10-26-42-36/h1-26,37-38H,27-28H2. The van der Waals surface area contributed by atoms with E-state index in [9.17, 15) is 0 Å². The zero-order valence-electron chi connectivity index (χ0n) is 24.9. The van der Waals surface area contributed by atoms with Crippen molar-refractivity contribution in [1.82, 2.24) is 9.97 Å². The largest absolute Gasteiger partial charge is 0.422 e. The second-order valence-corrected chi connectivity index (χ2v) is 10.6. The van der Waals surface area contributed by atoms with Crippen molar-refractivity contribution in [2.24, 2.45) is 0 Å². The second kappa shape index (κ2) is 15.8. The molecule has 2 heterocycles. The van der Waals surface area contributed by atoms with Crippen LogP contribution >= 0.6 is 0 Å². The molecule has 0 N–H and O–H groups in total. The minimum absolute atomic E-state index is 0.280. The molecule has 0 saturated heterocycles. The first-order chi connectivity index (χ1) is 22.3. The Morgan fingerprint density at radius 2 is 0.844 bits per heavy atom. The molecule has 0 aliphatic carbocycles. The van der Waals surface area contributed by atoms with E-state index in [1.807, 2.05) is 97.1 Å². The average molecular weight is 586 g/mol. The predicted molar refractivity (Wildman–Crippen MR) is 179 cm³/mol. The van der Waals surface area contributed by atoms with Crippen molar-refractivity contribution in [3.05, 3.63) is 192 Å². The van der Waals surface area contributed by atoms with Crippen LogP contribution in [0.5, 0.6) is 0 Å². The summed E-state index contributed by atoms with van der Waals surface area (Å²) in [5.74, 6) is 0. The number of hydrogen-bond donors (Lipinski definition) is 0. The molecule has 0 fully saturated rings. The molecule has 218 valence electrons. The van der Waals surface area contributed by atoms with Crippen molar-refractivity contribution in [3.8, 4) is 0 Å². The molecular weight excluding hydrogens is 554 g/mol. The monoisotopic (exact) mass is 586 g/mol. The summed E-state index contributed by atoms with van der Waals surface area (Å²) in [6.07, 6.45) is 3.02. The highest BCUT2D eigenvalue weighted by molar-refractivity contribution is 6.47. The molecule has 7 heteroatoms. The topological polar surface area (TPSA) is 53.5 Å². The average Bonchev–Trinajstić information content (AvgIpc) is 3.12. The number of aromatic nitrogens is 2. The molecule has 0 bridgehead atoms. The fourth-order valence-corrected chi connectivity index (χ4v) is 4.92. The summed E-state index contributed by atoms with van der Waals surface area (Å²) >= 11 is 0.